The molecule has 164 valence electrons. The second-order valence-electron chi connectivity index (χ2n) is 6.89. The molecule has 5 rings (SSSR count). The van der Waals surface area contributed by atoms with Crippen LogP contribution in [0, 0.1) is 0 Å². The molecule has 2 aliphatic heterocycles. The molecule has 3 aromatic rings. The highest BCUT2D eigenvalue weighted by molar-refractivity contribution is 7.13. The minimum Gasteiger partial charge on any atom is -0.475 e. The van der Waals surface area contributed by atoms with Crippen molar-refractivity contribution in [2.24, 2.45) is 0 Å². The molecule has 0 atom stereocenters. The number of ether oxygens (including phenoxy) is 2. The van der Waals surface area contributed by atoms with E-state index in [1.54, 1.807) is 11.3 Å². The fourth-order valence-electron chi connectivity index (χ4n) is 3.36. The third-order valence-electron chi connectivity index (χ3n) is 4.80. The predicted octanol–water partition coefficient (Wildman–Crippen LogP) is 3.99. The SMILES string of the molecule is O=C(O)C(F)(F)F.c1csc(-c2cnc3n2CCN(Cc2ccc4c(c2)OCO4)C3)c1. The Hall–Kier alpha value is -3.05. The van der Waals surface area contributed by atoms with Crippen LogP contribution in [0.15, 0.2) is 41.9 Å². The summed E-state index contributed by atoms with van der Waals surface area (Å²) in [5.41, 5.74) is 2.49. The Morgan fingerprint density at radius 3 is 2.68 bits per heavy atom. The number of benzene rings is 1. The van der Waals surface area contributed by atoms with Crippen molar-refractivity contribution in [1.29, 1.82) is 0 Å². The molecule has 0 amide bonds. The highest BCUT2D eigenvalue weighted by Crippen LogP contribution is 2.33. The molecule has 0 saturated heterocycles. The molecule has 2 aliphatic rings. The fourth-order valence-corrected chi connectivity index (χ4v) is 4.11. The molecule has 0 radical (unpaired) electrons. The van der Waals surface area contributed by atoms with Crippen LogP contribution in [0.5, 0.6) is 11.5 Å². The Balaban J connectivity index is 0.000000289. The van der Waals surface area contributed by atoms with Crippen molar-refractivity contribution in [3.63, 3.8) is 0 Å². The van der Waals surface area contributed by atoms with E-state index in [4.69, 9.17) is 19.4 Å². The van der Waals surface area contributed by atoms with Crippen molar-refractivity contribution in [2.75, 3.05) is 13.3 Å². The van der Waals surface area contributed by atoms with Gasteiger partial charge in [0.2, 0.25) is 6.79 Å². The molecule has 7 nitrogen and oxygen atoms in total. The molecule has 0 saturated carbocycles. The average Bonchev–Trinajstić information content (AvgIpc) is 3.47. The summed E-state index contributed by atoms with van der Waals surface area (Å²) in [5.74, 6) is 0.0809. The Bertz CT molecular complexity index is 1070. The zero-order chi connectivity index (χ0) is 22.0. The van der Waals surface area contributed by atoms with Gasteiger partial charge in [0.05, 0.1) is 23.3 Å². The van der Waals surface area contributed by atoms with E-state index in [1.807, 2.05) is 12.3 Å². The molecule has 4 heterocycles. The maximum absolute atomic E-state index is 10.6. The number of carboxylic acid groups (broad SMARTS) is 1. The van der Waals surface area contributed by atoms with Crippen LogP contribution < -0.4 is 9.47 Å². The van der Waals surface area contributed by atoms with Gasteiger partial charge in [0.15, 0.2) is 11.5 Å². The first-order valence-electron chi connectivity index (χ1n) is 9.30. The van der Waals surface area contributed by atoms with Crippen molar-refractivity contribution < 1.29 is 32.5 Å². The lowest BCUT2D eigenvalue weighted by atomic mass is 10.2. The molecule has 0 aliphatic carbocycles. The monoisotopic (exact) mass is 453 g/mol. The number of aromatic nitrogens is 2. The van der Waals surface area contributed by atoms with Gasteiger partial charge in [-0.15, -0.1) is 11.3 Å². The number of thiophene rings is 1. The summed E-state index contributed by atoms with van der Waals surface area (Å²) in [7, 11) is 0. The van der Waals surface area contributed by atoms with Gasteiger partial charge in [-0.1, -0.05) is 12.1 Å². The van der Waals surface area contributed by atoms with Crippen molar-refractivity contribution in [3.8, 4) is 22.1 Å². The van der Waals surface area contributed by atoms with Gasteiger partial charge in [-0.3, -0.25) is 4.90 Å². The second-order valence-corrected chi connectivity index (χ2v) is 7.84. The van der Waals surface area contributed by atoms with E-state index in [2.05, 4.69) is 44.1 Å². The quantitative estimate of drug-likeness (QED) is 0.646. The van der Waals surface area contributed by atoms with E-state index >= 15 is 0 Å². The van der Waals surface area contributed by atoms with E-state index in [9.17, 15) is 13.2 Å². The number of carboxylic acids is 1. The zero-order valence-electron chi connectivity index (χ0n) is 16.1. The van der Waals surface area contributed by atoms with Crippen LogP contribution in [0.25, 0.3) is 10.6 Å². The number of rotatable bonds is 3. The average molecular weight is 453 g/mol. The van der Waals surface area contributed by atoms with Crippen molar-refractivity contribution in [3.05, 3.63) is 53.3 Å². The third-order valence-corrected chi connectivity index (χ3v) is 5.69. The number of imidazole rings is 1. The summed E-state index contributed by atoms with van der Waals surface area (Å²) >= 11 is 1.77. The molecule has 0 fully saturated rings. The number of alkyl halides is 3. The number of fused-ring (bicyclic) bond motifs is 2. The molecule has 2 aromatic heterocycles. The van der Waals surface area contributed by atoms with Crippen LogP contribution in [-0.2, 0) is 24.4 Å². The Morgan fingerprint density at radius 2 is 1.97 bits per heavy atom. The standard InChI is InChI=1S/C18H17N3O2S.C2HF3O2/c1-2-17(24-7-1)14-9-19-18-11-20(5-6-21(14)18)10-13-3-4-15-16(8-13)23-12-22-15;3-2(4,5)1(6)7/h1-4,7-9H,5-6,10-12H2;(H,6,7). The number of carbonyl (C=O) groups is 1. The lowest BCUT2D eigenvalue weighted by molar-refractivity contribution is -0.192. The minimum absolute atomic E-state index is 0.325. The first kappa shape index (κ1) is 21.2. The van der Waals surface area contributed by atoms with Crippen LogP contribution in [0.2, 0.25) is 0 Å². The third kappa shape index (κ3) is 4.83. The van der Waals surface area contributed by atoms with E-state index in [-0.39, 0.29) is 0 Å². The summed E-state index contributed by atoms with van der Waals surface area (Å²) in [6, 6.07) is 10.5. The van der Waals surface area contributed by atoms with Crippen LogP contribution in [0.4, 0.5) is 13.2 Å². The lowest BCUT2D eigenvalue weighted by Crippen LogP contribution is -2.33. The Labute approximate surface area is 179 Å². The molecule has 0 spiro atoms. The van der Waals surface area contributed by atoms with E-state index in [0.29, 0.717) is 6.79 Å². The number of aliphatic carboxylic acids is 1. The normalized spacial score (nSPS) is 15.2. The van der Waals surface area contributed by atoms with Crippen molar-refractivity contribution >= 4 is 17.3 Å². The summed E-state index contributed by atoms with van der Waals surface area (Å²) in [4.78, 5) is 17.3. The van der Waals surface area contributed by atoms with Crippen LogP contribution in [0.1, 0.15) is 11.4 Å². The van der Waals surface area contributed by atoms with Crippen molar-refractivity contribution in [1.82, 2.24) is 14.5 Å². The van der Waals surface area contributed by atoms with Crippen molar-refractivity contribution in [2.45, 2.75) is 25.8 Å². The summed E-state index contributed by atoms with van der Waals surface area (Å²) < 4.78 is 44.9. The Morgan fingerprint density at radius 1 is 1.19 bits per heavy atom. The van der Waals surface area contributed by atoms with E-state index in [1.165, 1.54) is 16.1 Å². The fraction of sp³-hybridized carbons (Fsp3) is 0.300. The summed E-state index contributed by atoms with van der Waals surface area (Å²) in [5, 5.41) is 9.24. The van der Waals surface area contributed by atoms with E-state index < -0.39 is 12.1 Å². The highest BCUT2D eigenvalue weighted by Gasteiger charge is 2.38. The number of hydrogen-bond donors (Lipinski definition) is 1. The topological polar surface area (TPSA) is 76.8 Å². The zero-order valence-corrected chi connectivity index (χ0v) is 16.9. The lowest BCUT2D eigenvalue weighted by Gasteiger charge is -2.28. The molecular formula is C20H18F3N3O4S. The molecule has 0 unspecified atom stereocenters. The smallest absolute Gasteiger partial charge is 0.475 e. The largest absolute Gasteiger partial charge is 0.490 e. The Kier molecular flexibility index (Phi) is 5.88. The first-order chi connectivity index (χ1) is 14.8. The number of nitrogens with zero attached hydrogens (tertiary/aromatic N) is 3. The van der Waals surface area contributed by atoms with Gasteiger partial charge < -0.3 is 19.1 Å². The molecular weight excluding hydrogens is 435 g/mol. The van der Waals surface area contributed by atoms with Crippen LogP contribution >= 0.6 is 11.3 Å². The van der Waals surface area contributed by atoms with Crippen LogP contribution in [-0.4, -0.2) is 45.0 Å². The summed E-state index contributed by atoms with van der Waals surface area (Å²) in [6.45, 7) is 4.10. The maximum Gasteiger partial charge on any atom is 0.490 e. The molecule has 31 heavy (non-hydrogen) atoms. The van der Waals surface area contributed by atoms with Gasteiger partial charge in [-0.25, -0.2) is 9.78 Å². The molecule has 11 heteroatoms. The predicted molar refractivity (Wildman–Crippen MR) is 106 cm³/mol. The van der Waals surface area contributed by atoms with Gasteiger partial charge in [0.1, 0.15) is 5.82 Å². The number of hydrogen-bond acceptors (Lipinski definition) is 6. The minimum atomic E-state index is -5.08. The second kappa shape index (κ2) is 8.60. The van der Waals surface area contributed by atoms with Gasteiger partial charge in [-0.05, 0) is 29.1 Å². The summed E-state index contributed by atoms with van der Waals surface area (Å²) in [6.07, 6.45) is -3.08. The molecule has 1 N–H and O–H groups in total. The highest BCUT2D eigenvalue weighted by atomic mass is 32.1. The van der Waals surface area contributed by atoms with Crippen LogP contribution in [0.3, 0.4) is 0 Å². The first-order valence-corrected chi connectivity index (χ1v) is 10.2. The van der Waals surface area contributed by atoms with Gasteiger partial charge in [-0.2, -0.15) is 13.2 Å². The van der Waals surface area contributed by atoms with E-state index in [0.717, 1.165) is 43.5 Å². The van der Waals surface area contributed by atoms with Gasteiger partial charge in [0.25, 0.3) is 0 Å². The van der Waals surface area contributed by atoms with Gasteiger partial charge in [0, 0.05) is 19.6 Å². The maximum atomic E-state index is 10.6. The van der Waals surface area contributed by atoms with Gasteiger partial charge >= 0.3 is 12.1 Å². The molecule has 0 bridgehead atoms. The molecule has 1 aromatic carbocycles. The number of halogens is 3.